The van der Waals surface area contributed by atoms with E-state index in [1.807, 2.05) is 62.5 Å². The molecule has 0 fully saturated rings. The Morgan fingerprint density at radius 1 is 1.05 bits per heavy atom. The van der Waals surface area contributed by atoms with Crippen molar-refractivity contribution in [3.63, 3.8) is 0 Å². The fraction of sp³-hybridized carbons (Fsp3) is 0.441. The summed E-state index contributed by atoms with van der Waals surface area (Å²) in [5.74, 6) is 0. The van der Waals surface area contributed by atoms with E-state index in [0.29, 0.717) is 6.54 Å². The number of aryl methyl sites for hydroxylation is 1. The molecule has 1 aromatic carbocycles. The van der Waals surface area contributed by atoms with Gasteiger partial charge in [-0.25, -0.2) is 4.79 Å². The van der Waals surface area contributed by atoms with Crippen LogP contribution >= 0.6 is 0 Å². The Kier molecular flexibility index (Phi) is 9.47. The smallest absolute Gasteiger partial charge is 0.410 e. The number of nitrogens with zero attached hydrogens (tertiary/aromatic N) is 4. The molecule has 1 amide bonds. The monoisotopic (exact) mass is 553 g/mol. The zero-order valence-electron chi connectivity index (χ0n) is 24.6. The first-order chi connectivity index (χ1) is 19.9. The summed E-state index contributed by atoms with van der Waals surface area (Å²) in [6.45, 7) is 9.50. The Morgan fingerprint density at radius 2 is 1.83 bits per heavy atom. The second kappa shape index (κ2) is 13.4. The molecule has 3 aromatic rings. The Bertz CT molecular complexity index is 1320. The maximum atomic E-state index is 13.5. The van der Waals surface area contributed by atoms with Crippen LogP contribution in [-0.4, -0.2) is 57.1 Å². The number of carbonyl (C=O) groups is 1. The van der Waals surface area contributed by atoms with Crippen molar-refractivity contribution in [1.82, 2.24) is 25.1 Å². The molecule has 1 aliphatic carbocycles. The summed E-state index contributed by atoms with van der Waals surface area (Å²) in [6.07, 6.45) is 13.9. The second-order valence-electron chi connectivity index (χ2n) is 12.1. The van der Waals surface area contributed by atoms with Crippen LogP contribution in [-0.2, 0) is 30.7 Å². The molecule has 7 heteroatoms. The van der Waals surface area contributed by atoms with E-state index < -0.39 is 5.60 Å². The van der Waals surface area contributed by atoms with Gasteiger partial charge in [-0.2, -0.15) is 0 Å². The molecule has 2 atom stereocenters. The number of aromatic nitrogens is 2. The first-order valence-electron chi connectivity index (χ1n) is 14.9. The molecule has 1 N–H and O–H groups in total. The molecule has 2 aromatic heterocycles. The lowest BCUT2D eigenvalue weighted by molar-refractivity contribution is 0.00548. The number of pyridine rings is 2. The van der Waals surface area contributed by atoms with Crippen LogP contribution in [0.15, 0.2) is 79.3 Å². The minimum Gasteiger partial charge on any atom is -0.444 e. The van der Waals surface area contributed by atoms with Crippen molar-refractivity contribution in [2.75, 3.05) is 19.6 Å². The van der Waals surface area contributed by atoms with Gasteiger partial charge in [0.05, 0.1) is 17.8 Å². The van der Waals surface area contributed by atoms with Crippen LogP contribution in [0, 0.1) is 0 Å². The lowest BCUT2D eigenvalue weighted by atomic mass is 9.89. The van der Waals surface area contributed by atoms with Crippen molar-refractivity contribution in [1.29, 1.82) is 0 Å². The third-order valence-corrected chi connectivity index (χ3v) is 7.88. The van der Waals surface area contributed by atoms with Crippen LogP contribution in [0.25, 0.3) is 0 Å². The van der Waals surface area contributed by atoms with Crippen molar-refractivity contribution in [2.45, 2.75) is 77.2 Å². The maximum Gasteiger partial charge on any atom is 0.410 e. The van der Waals surface area contributed by atoms with Gasteiger partial charge in [-0.05, 0) is 86.9 Å². The van der Waals surface area contributed by atoms with Crippen LogP contribution in [0.5, 0.6) is 0 Å². The summed E-state index contributed by atoms with van der Waals surface area (Å²) in [5.41, 5.74) is 5.72. The lowest BCUT2D eigenvalue weighted by Gasteiger charge is -2.42. The summed E-state index contributed by atoms with van der Waals surface area (Å²) in [6, 6.07) is 17.0. The molecule has 5 rings (SSSR count). The van der Waals surface area contributed by atoms with Gasteiger partial charge in [0.25, 0.3) is 0 Å². The summed E-state index contributed by atoms with van der Waals surface area (Å²) < 4.78 is 5.90. The summed E-state index contributed by atoms with van der Waals surface area (Å²) in [4.78, 5) is 26.9. The minimum atomic E-state index is -0.545. The highest BCUT2D eigenvalue weighted by atomic mass is 16.6. The predicted octanol–water partition coefficient (Wildman–Crippen LogP) is 5.86. The van der Waals surface area contributed by atoms with E-state index in [1.54, 1.807) is 0 Å². The average Bonchev–Trinajstić information content (AvgIpc) is 2.97. The summed E-state index contributed by atoms with van der Waals surface area (Å²) in [5, 5.41) is 3.49. The Hall–Kier alpha value is -3.55. The lowest BCUT2D eigenvalue weighted by Crippen LogP contribution is -2.52. The number of carbonyl (C=O) groups excluding carboxylic acids is 1. The summed E-state index contributed by atoms with van der Waals surface area (Å²) >= 11 is 0. The molecule has 0 bridgehead atoms. The zero-order valence-corrected chi connectivity index (χ0v) is 24.6. The molecule has 0 saturated carbocycles. The van der Waals surface area contributed by atoms with Crippen LogP contribution in [0.3, 0.4) is 0 Å². The number of fused-ring (bicyclic) bond motifs is 2. The summed E-state index contributed by atoms with van der Waals surface area (Å²) in [7, 11) is 0. The number of hydrogen-bond donors (Lipinski definition) is 1. The van der Waals surface area contributed by atoms with Gasteiger partial charge in [-0.3, -0.25) is 19.8 Å². The van der Waals surface area contributed by atoms with E-state index in [9.17, 15) is 4.79 Å². The largest absolute Gasteiger partial charge is 0.444 e. The number of nitrogens with one attached hydrogen (secondary N) is 1. The third-order valence-electron chi connectivity index (χ3n) is 7.88. The molecule has 0 saturated heterocycles. The zero-order chi connectivity index (χ0) is 28.7. The Morgan fingerprint density at radius 3 is 2.63 bits per heavy atom. The molecular formula is C34H43N5O2. The topological polar surface area (TPSA) is 70.6 Å². The number of ether oxygens (including phenoxy) is 1. The molecule has 0 spiro atoms. The van der Waals surface area contributed by atoms with Crippen LogP contribution in [0.1, 0.15) is 67.6 Å². The maximum absolute atomic E-state index is 13.5. The Labute approximate surface area is 244 Å². The van der Waals surface area contributed by atoms with Gasteiger partial charge in [0, 0.05) is 51.3 Å². The van der Waals surface area contributed by atoms with Gasteiger partial charge in [0.1, 0.15) is 5.60 Å². The van der Waals surface area contributed by atoms with Gasteiger partial charge in [0.2, 0.25) is 0 Å². The molecule has 1 aliphatic heterocycles. The van der Waals surface area contributed by atoms with E-state index in [1.165, 1.54) is 27.9 Å². The van der Waals surface area contributed by atoms with Gasteiger partial charge < -0.3 is 10.1 Å². The number of amides is 1. The van der Waals surface area contributed by atoms with Crippen LogP contribution in [0.2, 0.25) is 0 Å². The van der Waals surface area contributed by atoms with Crippen molar-refractivity contribution < 1.29 is 9.53 Å². The standard InChI is InChI=1S/C34H43N5O2/c1-34(2,3)41-33(40)39-24-29-11-5-4-10-28(29)22-30(39)25-38(31-14-8-12-27-13-9-18-37-32(27)31)21-7-6-17-36-23-26-15-19-35-20-16-26/h4-7,9-11,13,15-16,18-20,30-31,36H,8,12,14,17,21-25H2,1-3H3/b7-6+/t30-,31+/m1/s1. The third kappa shape index (κ3) is 7.80. The first kappa shape index (κ1) is 29.0. The van der Waals surface area contributed by atoms with E-state index in [-0.39, 0.29) is 18.2 Å². The van der Waals surface area contributed by atoms with Crippen molar-refractivity contribution in [2.24, 2.45) is 0 Å². The molecule has 0 unspecified atom stereocenters. The molecule has 3 heterocycles. The number of rotatable bonds is 9. The molecule has 41 heavy (non-hydrogen) atoms. The first-order valence-corrected chi connectivity index (χ1v) is 14.9. The van der Waals surface area contributed by atoms with Gasteiger partial charge in [0.15, 0.2) is 0 Å². The quantitative estimate of drug-likeness (QED) is 0.264. The van der Waals surface area contributed by atoms with Crippen molar-refractivity contribution >= 4 is 6.09 Å². The van der Waals surface area contributed by atoms with E-state index in [0.717, 1.165) is 51.9 Å². The van der Waals surface area contributed by atoms with E-state index >= 15 is 0 Å². The fourth-order valence-electron chi connectivity index (χ4n) is 5.92. The molecule has 2 aliphatic rings. The van der Waals surface area contributed by atoms with E-state index in [4.69, 9.17) is 9.72 Å². The molecular weight excluding hydrogens is 510 g/mol. The van der Waals surface area contributed by atoms with Gasteiger partial charge in [-0.1, -0.05) is 42.5 Å². The molecule has 216 valence electrons. The predicted molar refractivity (Wildman–Crippen MR) is 162 cm³/mol. The SMILES string of the molecule is CC(C)(C)OC(=O)N1Cc2ccccc2C[C@@H]1CN(C/C=C/CNCc1ccncc1)[C@H]1CCCc2cccnc21. The minimum absolute atomic E-state index is 0.00653. The highest BCUT2D eigenvalue weighted by molar-refractivity contribution is 5.69. The normalized spacial score (nSPS) is 18.8. The molecule has 7 nitrogen and oxygen atoms in total. The average molecular weight is 554 g/mol. The van der Waals surface area contributed by atoms with Crippen molar-refractivity contribution in [3.8, 4) is 0 Å². The molecule has 0 radical (unpaired) electrons. The van der Waals surface area contributed by atoms with Gasteiger partial charge in [-0.15, -0.1) is 0 Å². The van der Waals surface area contributed by atoms with Crippen LogP contribution < -0.4 is 5.32 Å². The van der Waals surface area contributed by atoms with E-state index in [2.05, 4.69) is 57.7 Å². The van der Waals surface area contributed by atoms with Crippen molar-refractivity contribution in [3.05, 3.63) is 107 Å². The van der Waals surface area contributed by atoms with Crippen LogP contribution in [0.4, 0.5) is 4.79 Å². The Balaban J connectivity index is 1.35. The second-order valence-corrected chi connectivity index (χ2v) is 12.1. The number of benzene rings is 1. The van der Waals surface area contributed by atoms with Gasteiger partial charge >= 0.3 is 6.09 Å². The number of hydrogen-bond acceptors (Lipinski definition) is 6. The highest BCUT2D eigenvalue weighted by Crippen LogP contribution is 2.34. The fourth-order valence-corrected chi connectivity index (χ4v) is 5.92. The highest BCUT2D eigenvalue weighted by Gasteiger charge is 2.36.